The van der Waals surface area contributed by atoms with E-state index in [1.807, 2.05) is 24.3 Å². The van der Waals surface area contributed by atoms with Crippen LogP contribution in [0.3, 0.4) is 0 Å². The zero-order valence-electron chi connectivity index (χ0n) is 15.8. The molecule has 0 radical (unpaired) electrons. The second-order valence-electron chi connectivity index (χ2n) is 6.74. The number of ether oxygens (including phenoxy) is 1. The molecule has 28 heavy (non-hydrogen) atoms. The minimum Gasteiger partial charge on any atom is -0.496 e. The van der Waals surface area contributed by atoms with E-state index < -0.39 is 0 Å². The van der Waals surface area contributed by atoms with Crippen molar-refractivity contribution in [2.75, 3.05) is 20.2 Å². The minimum absolute atomic E-state index is 0.0107. The first kappa shape index (κ1) is 18.5. The lowest BCUT2D eigenvalue weighted by Gasteiger charge is -2.36. The molecule has 0 N–H and O–H groups in total. The van der Waals surface area contributed by atoms with Crippen LogP contribution in [-0.2, 0) is 12.8 Å². The van der Waals surface area contributed by atoms with Crippen molar-refractivity contribution in [1.29, 1.82) is 0 Å². The van der Waals surface area contributed by atoms with Gasteiger partial charge in [0, 0.05) is 25.1 Å². The minimum atomic E-state index is -0.0107. The number of carbonyl (C=O) groups excluding carboxylic acids is 1. The molecule has 1 saturated heterocycles. The van der Waals surface area contributed by atoms with Crippen LogP contribution in [0, 0.1) is 0 Å². The highest BCUT2D eigenvalue weighted by Gasteiger charge is 2.37. The predicted octanol–water partition coefficient (Wildman–Crippen LogP) is 2.71. The van der Waals surface area contributed by atoms with Crippen LogP contribution in [0.15, 0.2) is 28.8 Å². The quantitative estimate of drug-likeness (QED) is 0.603. The number of para-hydroxylation sites is 1. The molecular weight excluding hydrogens is 378 g/mol. The molecule has 9 heteroatoms. The fourth-order valence-electron chi connectivity index (χ4n) is 3.24. The molecule has 8 nitrogen and oxygen atoms in total. The Morgan fingerprint density at radius 3 is 2.96 bits per heavy atom. The van der Waals surface area contributed by atoms with E-state index in [4.69, 9.17) is 9.26 Å². The second kappa shape index (κ2) is 8.05. The topological polar surface area (TPSA) is 94.2 Å². The van der Waals surface area contributed by atoms with Crippen LogP contribution in [0.2, 0.25) is 0 Å². The maximum absolute atomic E-state index is 12.7. The Bertz CT molecular complexity index is 964. The molecule has 0 aliphatic carbocycles. The molecule has 2 aromatic heterocycles. The summed E-state index contributed by atoms with van der Waals surface area (Å²) in [5.74, 6) is 2.04. The Morgan fingerprint density at radius 2 is 2.18 bits per heavy atom. The van der Waals surface area contributed by atoms with E-state index in [2.05, 4.69) is 26.7 Å². The Labute approximate surface area is 166 Å². The third-order valence-electron chi connectivity index (χ3n) is 4.78. The second-order valence-corrected chi connectivity index (χ2v) is 7.50. The summed E-state index contributed by atoms with van der Waals surface area (Å²) >= 11 is 1.17. The number of aryl methyl sites for hydroxylation is 1. The number of amides is 1. The number of likely N-dealkylation sites (tertiary alicyclic amines) is 1. The van der Waals surface area contributed by atoms with Crippen LogP contribution >= 0.6 is 11.5 Å². The summed E-state index contributed by atoms with van der Waals surface area (Å²) < 4.78 is 14.7. The lowest BCUT2D eigenvalue weighted by Crippen LogP contribution is -2.48. The van der Waals surface area contributed by atoms with Gasteiger partial charge in [-0.1, -0.05) is 41.2 Å². The Balaban J connectivity index is 1.37. The van der Waals surface area contributed by atoms with Crippen LogP contribution in [-0.4, -0.2) is 50.7 Å². The van der Waals surface area contributed by atoms with Gasteiger partial charge in [-0.3, -0.25) is 4.79 Å². The Kier molecular flexibility index (Phi) is 5.34. The van der Waals surface area contributed by atoms with E-state index >= 15 is 0 Å². The molecule has 0 bridgehead atoms. The smallest absolute Gasteiger partial charge is 0.267 e. The van der Waals surface area contributed by atoms with Crippen molar-refractivity contribution < 1.29 is 14.1 Å². The maximum atomic E-state index is 12.7. The van der Waals surface area contributed by atoms with Crippen LogP contribution in [0.4, 0.5) is 0 Å². The van der Waals surface area contributed by atoms with Crippen LogP contribution in [0.1, 0.15) is 51.9 Å². The predicted molar refractivity (Wildman–Crippen MR) is 103 cm³/mol. The first-order valence-corrected chi connectivity index (χ1v) is 10.0. The summed E-state index contributed by atoms with van der Waals surface area (Å²) in [5.41, 5.74) is 1.79. The molecule has 0 saturated carbocycles. The van der Waals surface area contributed by atoms with Gasteiger partial charge in [0.2, 0.25) is 5.89 Å². The Morgan fingerprint density at radius 1 is 1.36 bits per heavy atom. The molecule has 0 unspecified atom stereocenters. The lowest BCUT2D eigenvalue weighted by atomic mass is 9.99. The van der Waals surface area contributed by atoms with Crippen molar-refractivity contribution >= 4 is 17.4 Å². The molecule has 3 aromatic rings. The molecular formula is C19H21N5O3S. The van der Waals surface area contributed by atoms with E-state index in [0.717, 1.165) is 29.8 Å². The summed E-state index contributed by atoms with van der Waals surface area (Å²) in [6, 6.07) is 7.77. The molecule has 146 valence electrons. The van der Waals surface area contributed by atoms with Gasteiger partial charge in [0.1, 0.15) is 10.6 Å². The van der Waals surface area contributed by atoms with Gasteiger partial charge in [0.05, 0.1) is 18.7 Å². The molecule has 1 aromatic carbocycles. The third-order valence-corrected chi connectivity index (χ3v) is 5.54. The van der Waals surface area contributed by atoms with E-state index in [1.54, 1.807) is 12.0 Å². The van der Waals surface area contributed by atoms with Gasteiger partial charge in [-0.05, 0) is 24.0 Å². The standard InChI is InChI=1S/C19H21N5O3S/c1-3-6-14-17(28-23-21-14)19(25)24-10-13(11-24)18-20-16(22-27-18)9-12-7-4-5-8-15(12)26-2/h4-5,7-8,13H,3,6,9-11H2,1-2H3. The number of benzene rings is 1. The van der Waals surface area contributed by atoms with E-state index in [-0.39, 0.29) is 11.8 Å². The van der Waals surface area contributed by atoms with Crippen LogP contribution in [0.25, 0.3) is 0 Å². The van der Waals surface area contributed by atoms with Gasteiger partial charge in [0.15, 0.2) is 5.82 Å². The number of nitrogens with zero attached hydrogens (tertiary/aromatic N) is 5. The number of aromatic nitrogens is 4. The van der Waals surface area contributed by atoms with E-state index in [1.165, 1.54) is 11.5 Å². The van der Waals surface area contributed by atoms with E-state index in [9.17, 15) is 4.79 Å². The average molecular weight is 399 g/mol. The maximum Gasteiger partial charge on any atom is 0.267 e. The SMILES string of the molecule is CCCc1nnsc1C(=O)N1CC(c2nc(Cc3ccccc3OC)no2)C1. The van der Waals surface area contributed by atoms with Gasteiger partial charge in [-0.15, -0.1) is 5.10 Å². The van der Waals surface area contributed by atoms with E-state index in [0.29, 0.717) is 36.1 Å². The highest BCUT2D eigenvalue weighted by atomic mass is 32.1. The summed E-state index contributed by atoms with van der Waals surface area (Å²) in [6.07, 6.45) is 2.24. The normalized spacial score (nSPS) is 14.1. The van der Waals surface area contributed by atoms with Crippen molar-refractivity contribution in [2.45, 2.75) is 32.1 Å². The largest absolute Gasteiger partial charge is 0.496 e. The summed E-state index contributed by atoms with van der Waals surface area (Å²) in [6.45, 7) is 3.20. The molecule has 4 rings (SSSR count). The number of rotatable bonds is 7. The molecule has 0 spiro atoms. The molecule has 1 aliphatic rings. The van der Waals surface area contributed by atoms with Gasteiger partial charge >= 0.3 is 0 Å². The van der Waals surface area contributed by atoms with Crippen molar-refractivity contribution in [2.24, 2.45) is 0 Å². The van der Waals surface area contributed by atoms with Crippen molar-refractivity contribution in [1.82, 2.24) is 24.6 Å². The van der Waals surface area contributed by atoms with Crippen molar-refractivity contribution in [3.05, 3.63) is 52.1 Å². The molecule has 1 amide bonds. The van der Waals surface area contributed by atoms with Crippen molar-refractivity contribution in [3.8, 4) is 5.75 Å². The van der Waals surface area contributed by atoms with Gasteiger partial charge in [-0.25, -0.2) is 0 Å². The first-order valence-electron chi connectivity index (χ1n) is 9.24. The van der Waals surface area contributed by atoms with Gasteiger partial charge < -0.3 is 14.2 Å². The zero-order chi connectivity index (χ0) is 19.5. The average Bonchev–Trinajstić information content (AvgIpc) is 3.31. The fourth-order valence-corrected chi connectivity index (χ4v) is 3.92. The third kappa shape index (κ3) is 3.62. The summed E-state index contributed by atoms with van der Waals surface area (Å²) in [5, 5.41) is 8.16. The number of methoxy groups -OCH3 is 1. The summed E-state index contributed by atoms with van der Waals surface area (Å²) in [7, 11) is 1.64. The highest BCUT2D eigenvalue weighted by molar-refractivity contribution is 7.08. The lowest BCUT2D eigenvalue weighted by molar-refractivity contribution is 0.0573. The van der Waals surface area contributed by atoms with Gasteiger partial charge in [-0.2, -0.15) is 4.98 Å². The Hall–Kier alpha value is -2.81. The monoisotopic (exact) mass is 399 g/mol. The molecule has 1 fully saturated rings. The van der Waals surface area contributed by atoms with Crippen LogP contribution in [0.5, 0.6) is 5.75 Å². The van der Waals surface area contributed by atoms with Crippen molar-refractivity contribution in [3.63, 3.8) is 0 Å². The number of carbonyl (C=O) groups is 1. The highest BCUT2D eigenvalue weighted by Crippen LogP contribution is 2.29. The molecule has 1 aliphatic heterocycles. The zero-order valence-corrected chi connectivity index (χ0v) is 16.6. The van der Waals surface area contributed by atoms with Gasteiger partial charge in [0.25, 0.3) is 5.91 Å². The first-order chi connectivity index (χ1) is 13.7. The number of hydrogen-bond donors (Lipinski definition) is 0. The van der Waals surface area contributed by atoms with Crippen LogP contribution < -0.4 is 4.74 Å². The molecule has 3 heterocycles. The summed E-state index contributed by atoms with van der Waals surface area (Å²) in [4.78, 5) is 19.6. The molecule has 0 atom stereocenters. The number of hydrogen-bond acceptors (Lipinski definition) is 8. The fraction of sp³-hybridized carbons (Fsp3) is 0.421.